The highest BCUT2D eigenvalue weighted by atomic mass is 16.8. The number of ether oxygens (including phenoxy) is 23. The van der Waals surface area contributed by atoms with E-state index in [2.05, 4.69) is 26.6 Å². The molecule has 0 spiro atoms. The number of hydrogen-bond donors (Lipinski definition) is 36. The van der Waals surface area contributed by atoms with Crippen LogP contribution in [-0.2, 0) is 133 Å². The van der Waals surface area contributed by atoms with Crippen molar-refractivity contribution in [2.75, 3.05) is 66.1 Å². The zero-order chi connectivity index (χ0) is 107. The summed E-state index contributed by atoms with van der Waals surface area (Å²) < 4.78 is 139. The predicted molar refractivity (Wildman–Crippen MR) is 450 cm³/mol. The summed E-state index contributed by atoms with van der Waals surface area (Å²) in [4.78, 5) is 65.3. The summed E-state index contributed by atoms with van der Waals surface area (Å²) in [6.45, 7) is -4.60. The fourth-order valence-corrected chi connectivity index (χ4v) is 19.1. The van der Waals surface area contributed by atoms with E-state index in [0.717, 1.165) is 34.6 Å². The van der Waals surface area contributed by atoms with E-state index in [-0.39, 0.29) is 0 Å². The standard InChI is InChI=1S/C82H137N5O59/c1-18-40(101)53(114)58(119)76(126-18)124-17-34-65(49(110)35(71(123)128-34)83-20(3)96)138-73-37(85-22(5)98)50(111)63(31(14-94)134-73)140-79-61(122)66(47(108)33(137-79)16-125-80-68(56(117)44(105)27(10-90)131-80)144-74-38(86-23(6)99)51(112)62(30(13-93)135-74)139-78-60(121)55(116)43(104)26(9-89)130-78)142-81-69(57(118)45(106)28(11-91)132-81)145-75-39(87-24(7)100)52(113)64(32(15-95)136-75)141-82-70(146-77-59(120)54(115)41(102)19(2)127-77)67(46(107)29(12-92)133-82)143-72-36(84-21(4)97)48(109)42(103)25(8-88)129-72/h18-19,25-82,88-95,101-123H,8-17H2,1-7H3,(H,83,96)(H,84,97)(H,85,98)(H,86,99)(H,87,100)/t18-,19-,25-,26-,27-,28-,29-,30-,31-,32-,33-,34-,35-,36-,37-,38-,39-,40+,41+,42+,43+,44-,45-,46+,47-,48-,49-,50-,51-,52-,53+,54+,55+,56+,57+,58-,59-,60-,61+,62-,63-,64-,65-,66+,67+,68+,69+,70-,71+,72-,73+,74+,75+,76+,77-,78+,79+,80+,81-,82+/m1/s1. The van der Waals surface area contributed by atoms with Crippen LogP contribution in [0.5, 0.6) is 0 Å². The number of carbonyl (C=O) groups excluding carboxylic acids is 5. The van der Waals surface area contributed by atoms with Crippen molar-refractivity contribution in [1.82, 2.24) is 26.6 Å². The molecule has 36 N–H and O–H groups in total. The number of nitrogens with one attached hydrogen (secondary N) is 5. The van der Waals surface area contributed by atoms with E-state index < -0.39 is 464 Å². The van der Waals surface area contributed by atoms with Gasteiger partial charge in [-0.2, -0.15) is 0 Å². The Hall–Kier alpha value is -4.81. The Morgan fingerprint density at radius 2 is 0.438 bits per heavy atom. The fraction of sp³-hybridized carbons (Fsp3) is 0.939. The summed E-state index contributed by atoms with van der Waals surface area (Å²) >= 11 is 0. The zero-order valence-corrected chi connectivity index (χ0v) is 79.0. The molecule has 0 aromatic carbocycles. The molecule has 64 nitrogen and oxygen atoms in total. The van der Waals surface area contributed by atoms with Crippen molar-refractivity contribution in [2.45, 2.75) is 417 Å². The second-order valence-electron chi connectivity index (χ2n) is 37.3. The first kappa shape index (κ1) is 120. The van der Waals surface area contributed by atoms with Crippen LogP contribution in [0.2, 0.25) is 0 Å². The molecule has 64 heteroatoms. The highest BCUT2D eigenvalue weighted by molar-refractivity contribution is 5.75. The van der Waals surface area contributed by atoms with Gasteiger partial charge in [0.05, 0.1) is 78.3 Å². The lowest BCUT2D eigenvalue weighted by Crippen LogP contribution is -2.71. The van der Waals surface area contributed by atoms with Crippen LogP contribution in [0.3, 0.4) is 0 Å². The molecule has 12 saturated heterocycles. The van der Waals surface area contributed by atoms with Crippen LogP contribution in [0.4, 0.5) is 0 Å². The molecule has 12 fully saturated rings. The molecule has 60 atom stereocenters. The minimum Gasteiger partial charge on any atom is -0.394 e. The van der Waals surface area contributed by atoms with Crippen molar-refractivity contribution in [3.05, 3.63) is 0 Å². The predicted octanol–water partition coefficient (Wildman–Crippen LogP) is -24.4. The van der Waals surface area contributed by atoms with Crippen molar-refractivity contribution in [1.29, 1.82) is 0 Å². The summed E-state index contributed by atoms with van der Waals surface area (Å²) in [5, 5.41) is 364. The van der Waals surface area contributed by atoms with E-state index >= 15 is 0 Å². The lowest BCUT2D eigenvalue weighted by molar-refractivity contribution is -0.406. The van der Waals surface area contributed by atoms with Gasteiger partial charge in [0.2, 0.25) is 29.5 Å². The Kier molecular flexibility index (Phi) is 42.8. The summed E-state index contributed by atoms with van der Waals surface area (Å²) in [7, 11) is 0. The molecule has 12 rings (SSSR count). The van der Waals surface area contributed by atoms with Crippen LogP contribution in [0.15, 0.2) is 0 Å². The Morgan fingerprint density at radius 3 is 0.863 bits per heavy atom. The number of rotatable bonds is 37. The molecular weight excluding hydrogens is 2000 g/mol. The van der Waals surface area contributed by atoms with Crippen molar-refractivity contribution in [3.8, 4) is 0 Å². The van der Waals surface area contributed by atoms with Crippen LogP contribution in [-0.4, -0.2) is 622 Å². The van der Waals surface area contributed by atoms with Gasteiger partial charge in [0, 0.05) is 34.6 Å². The maximum atomic E-state index is 13.6. The van der Waals surface area contributed by atoms with Gasteiger partial charge in [0.15, 0.2) is 75.5 Å². The lowest BCUT2D eigenvalue weighted by atomic mass is 9.93. The molecule has 12 aliphatic heterocycles. The molecule has 0 unspecified atom stereocenters. The minimum absolute atomic E-state index is 0.859. The molecule has 5 amide bonds. The lowest BCUT2D eigenvalue weighted by Gasteiger charge is -2.52. The molecule has 0 aromatic heterocycles. The first-order valence-electron chi connectivity index (χ1n) is 46.9. The SMILES string of the molecule is CC(=O)N[C@@H]1[C@@H](O)[C@H](O[C@@H]2O[C@H](CO)[C@@H](O[C@@H]3O[C@H](CO[C@H]4O[C@H](CO)[C@@H](O)[C@H](O)[C@@H]4O[C@@H]4O[C@H](CO)[C@@H](O[C@@H]5O[C@H](CO)[C@H](O)[C@H](O)[C@H]5O)[C@H](O)[C@H]4NC(C)=O)[C@@H](O)[C@H](O[C@H]4O[C@H](CO)[C@@H](O)[C@H](O)[C@@H]4O[C@@H]4O[C@H](CO)[C@@H](O[C@@H]5O[C@H](CO)[C@H](O)[C@H](O[C@H]6O[C@H](CO)[C@H](O)[C@H](O)[C@H]6NC(C)=O)[C@H]5O[C@H]5O[C@H](C)[C@H](O)[C@H](O)[C@H]5O)[C@H](O)[C@H]4NC(C)=O)[C@@H]3O)[C@H](O)[C@H]2NC(C)=O)[C@@H](CO[C@H]2O[C@H](C)[C@H](O)[C@H](O)[C@H]2O)O[C@@H]1O. The van der Waals surface area contributed by atoms with Crippen LogP contribution >= 0.6 is 0 Å². The van der Waals surface area contributed by atoms with E-state index in [1.165, 1.54) is 13.8 Å². The maximum absolute atomic E-state index is 13.6. The van der Waals surface area contributed by atoms with Crippen molar-refractivity contribution in [2.24, 2.45) is 0 Å². The summed E-state index contributed by atoms with van der Waals surface area (Å²) in [5.74, 6) is -4.86. The second kappa shape index (κ2) is 52.2. The van der Waals surface area contributed by atoms with Crippen molar-refractivity contribution >= 4 is 29.5 Å². The number of aliphatic hydroxyl groups excluding tert-OH is 31. The smallest absolute Gasteiger partial charge is 0.217 e. The first-order valence-corrected chi connectivity index (χ1v) is 46.9. The van der Waals surface area contributed by atoms with Crippen LogP contribution in [0, 0.1) is 0 Å². The second-order valence-corrected chi connectivity index (χ2v) is 37.3. The third-order valence-corrected chi connectivity index (χ3v) is 27.0. The molecule has 146 heavy (non-hydrogen) atoms. The van der Waals surface area contributed by atoms with Crippen molar-refractivity contribution < 1.29 is 291 Å². The highest BCUT2D eigenvalue weighted by Gasteiger charge is 2.64. The largest absolute Gasteiger partial charge is 0.394 e. The zero-order valence-electron chi connectivity index (χ0n) is 79.0. The van der Waals surface area contributed by atoms with Crippen LogP contribution in [0.25, 0.3) is 0 Å². The summed E-state index contributed by atoms with van der Waals surface area (Å²) in [6.07, 6.45) is -117. The molecule has 0 bridgehead atoms. The number of aliphatic hydroxyl groups is 31. The van der Waals surface area contributed by atoms with Gasteiger partial charge >= 0.3 is 0 Å². The Morgan fingerprint density at radius 1 is 0.192 bits per heavy atom. The molecule has 844 valence electrons. The highest BCUT2D eigenvalue weighted by Crippen LogP contribution is 2.43. The number of amides is 5. The van der Waals surface area contributed by atoms with Crippen LogP contribution < -0.4 is 26.6 Å². The average molecular weight is 2140 g/mol. The normalized spacial score (nSPS) is 49.8. The maximum Gasteiger partial charge on any atom is 0.217 e. The molecule has 0 aromatic rings. The van der Waals surface area contributed by atoms with E-state index in [0.29, 0.717) is 0 Å². The van der Waals surface area contributed by atoms with E-state index in [1.54, 1.807) is 0 Å². The molecule has 12 aliphatic rings. The van der Waals surface area contributed by atoms with Gasteiger partial charge in [0.1, 0.15) is 280 Å². The van der Waals surface area contributed by atoms with Crippen molar-refractivity contribution in [3.63, 3.8) is 0 Å². The topological polar surface area (TPSA) is 985 Å². The molecule has 0 saturated carbocycles. The van der Waals surface area contributed by atoms with Gasteiger partial charge in [-0.05, 0) is 13.8 Å². The number of hydrogen-bond acceptors (Lipinski definition) is 59. The van der Waals surface area contributed by atoms with Gasteiger partial charge in [-0.15, -0.1) is 0 Å². The van der Waals surface area contributed by atoms with Gasteiger partial charge < -0.3 is 294 Å². The molecular formula is C82H137N5O59. The summed E-state index contributed by atoms with van der Waals surface area (Å²) in [5.41, 5.74) is 0. The van der Waals surface area contributed by atoms with Gasteiger partial charge in [-0.25, -0.2) is 0 Å². The Balaban J connectivity index is 0.882. The van der Waals surface area contributed by atoms with E-state index in [1.807, 2.05) is 0 Å². The fourth-order valence-electron chi connectivity index (χ4n) is 19.1. The van der Waals surface area contributed by atoms with Gasteiger partial charge in [0.25, 0.3) is 0 Å². The monoisotopic (exact) mass is 2140 g/mol. The van der Waals surface area contributed by atoms with Crippen LogP contribution in [0.1, 0.15) is 48.5 Å². The van der Waals surface area contributed by atoms with Gasteiger partial charge in [-0.1, -0.05) is 0 Å². The average Bonchev–Trinajstić information content (AvgIpc) is 0.752. The quantitative estimate of drug-likeness (QED) is 0.0275. The molecule has 0 aliphatic carbocycles. The molecule has 12 heterocycles. The molecule has 0 radical (unpaired) electrons. The van der Waals surface area contributed by atoms with Gasteiger partial charge in [-0.3, -0.25) is 24.0 Å². The third-order valence-electron chi connectivity index (χ3n) is 27.0. The minimum atomic E-state index is -2.72. The third kappa shape index (κ3) is 26.4. The van der Waals surface area contributed by atoms with E-state index in [4.69, 9.17) is 109 Å². The Labute approximate surface area is 827 Å². The first-order chi connectivity index (χ1) is 69.0. The Bertz CT molecular complexity index is 4090. The van der Waals surface area contributed by atoms with E-state index in [9.17, 15) is 182 Å². The summed E-state index contributed by atoms with van der Waals surface area (Å²) in [6, 6.07) is -9.87. The number of carbonyl (C=O) groups is 5.